The number of aryl methyl sites for hydroxylation is 1. The van der Waals surface area contributed by atoms with E-state index >= 15 is 0 Å². The molecular weight excluding hydrogens is 262 g/mol. The zero-order chi connectivity index (χ0) is 15.1. The summed E-state index contributed by atoms with van der Waals surface area (Å²) in [5, 5.41) is 3.56. The van der Waals surface area contributed by atoms with Crippen LogP contribution < -0.4 is 10.1 Å². The average Bonchev–Trinajstić information content (AvgIpc) is 2.49. The van der Waals surface area contributed by atoms with Crippen molar-refractivity contribution >= 4 is 0 Å². The van der Waals surface area contributed by atoms with Crippen LogP contribution in [0.3, 0.4) is 0 Å². The minimum atomic E-state index is 0.0882. The molecule has 0 aromatic carbocycles. The molecule has 1 unspecified atom stereocenters. The molecule has 1 N–H and O–H groups in total. The Labute approximate surface area is 126 Å². The Balaban J connectivity index is 2.33. The van der Waals surface area contributed by atoms with E-state index in [4.69, 9.17) is 4.74 Å². The number of hydrogen-bond donors (Lipinski definition) is 1. The van der Waals surface area contributed by atoms with Crippen LogP contribution in [0.5, 0.6) is 5.75 Å². The van der Waals surface area contributed by atoms with Crippen LogP contribution in [0.4, 0.5) is 0 Å². The van der Waals surface area contributed by atoms with Gasteiger partial charge in [-0.2, -0.15) is 0 Å². The second-order valence-electron chi connectivity index (χ2n) is 5.07. The summed E-state index contributed by atoms with van der Waals surface area (Å²) < 4.78 is 5.55. The molecule has 0 bridgehead atoms. The fourth-order valence-electron chi connectivity index (χ4n) is 2.29. The highest BCUT2D eigenvalue weighted by atomic mass is 16.5. The van der Waals surface area contributed by atoms with Crippen molar-refractivity contribution in [1.82, 2.24) is 15.3 Å². The number of aromatic nitrogens is 2. The normalized spacial score (nSPS) is 12.1. The summed E-state index contributed by atoms with van der Waals surface area (Å²) in [6.45, 7) is 7.78. The Morgan fingerprint density at radius 3 is 2.43 bits per heavy atom. The van der Waals surface area contributed by atoms with Crippen molar-refractivity contribution in [3.05, 3.63) is 53.6 Å². The third kappa shape index (κ3) is 4.26. The second kappa shape index (κ2) is 7.74. The van der Waals surface area contributed by atoms with Crippen molar-refractivity contribution in [1.29, 1.82) is 0 Å². The van der Waals surface area contributed by atoms with Gasteiger partial charge in [-0.05, 0) is 49.6 Å². The maximum atomic E-state index is 5.55. The highest BCUT2D eigenvalue weighted by Gasteiger charge is 2.15. The first-order valence-corrected chi connectivity index (χ1v) is 7.47. The van der Waals surface area contributed by atoms with Crippen molar-refractivity contribution < 1.29 is 4.74 Å². The number of ether oxygens (including phenoxy) is 1. The molecular formula is C17H23N3O. The summed E-state index contributed by atoms with van der Waals surface area (Å²) in [7, 11) is 0. The maximum absolute atomic E-state index is 5.55. The molecule has 21 heavy (non-hydrogen) atoms. The Hall–Kier alpha value is -1.94. The summed E-state index contributed by atoms with van der Waals surface area (Å²) in [4.78, 5) is 8.60. The summed E-state index contributed by atoms with van der Waals surface area (Å²) in [5.41, 5.74) is 3.41. The van der Waals surface area contributed by atoms with E-state index in [9.17, 15) is 0 Å². The van der Waals surface area contributed by atoms with Crippen LogP contribution >= 0.6 is 0 Å². The minimum Gasteiger partial charge on any atom is -0.492 e. The van der Waals surface area contributed by atoms with Gasteiger partial charge in [0.25, 0.3) is 0 Å². The van der Waals surface area contributed by atoms with Gasteiger partial charge in [0.2, 0.25) is 0 Å². The monoisotopic (exact) mass is 285 g/mol. The van der Waals surface area contributed by atoms with Crippen LogP contribution in [0.25, 0.3) is 0 Å². The van der Waals surface area contributed by atoms with Gasteiger partial charge in [-0.1, -0.05) is 13.0 Å². The first kappa shape index (κ1) is 15.4. The van der Waals surface area contributed by atoms with Crippen molar-refractivity contribution in [3.63, 3.8) is 0 Å². The van der Waals surface area contributed by atoms with E-state index in [0.29, 0.717) is 6.61 Å². The van der Waals surface area contributed by atoms with Gasteiger partial charge in [0.15, 0.2) is 0 Å². The van der Waals surface area contributed by atoms with Gasteiger partial charge in [0.1, 0.15) is 5.75 Å². The smallest absolute Gasteiger partial charge is 0.137 e. The van der Waals surface area contributed by atoms with E-state index in [0.717, 1.165) is 35.4 Å². The predicted molar refractivity (Wildman–Crippen MR) is 84.5 cm³/mol. The quantitative estimate of drug-likeness (QED) is 0.848. The van der Waals surface area contributed by atoms with Gasteiger partial charge < -0.3 is 10.1 Å². The van der Waals surface area contributed by atoms with Crippen molar-refractivity contribution in [2.75, 3.05) is 13.2 Å². The van der Waals surface area contributed by atoms with E-state index in [1.54, 1.807) is 6.20 Å². The molecule has 0 aliphatic heterocycles. The molecule has 0 amide bonds. The SMILES string of the molecule is CCCNC(c1cncc(C)c1)c1cncc(OCC)c1. The largest absolute Gasteiger partial charge is 0.492 e. The first-order valence-electron chi connectivity index (χ1n) is 7.47. The molecule has 2 aromatic rings. The molecule has 2 aromatic heterocycles. The van der Waals surface area contributed by atoms with Crippen LogP contribution in [0.15, 0.2) is 36.9 Å². The van der Waals surface area contributed by atoms with Gasteiger partial charge in [-0.25, -0.2) is 0 Å². The van der Waals surface area contributed by atoms with Crippen LogP contribution in [-0.4, -0.2) is 23.1 Å². The van der Waals surface area contributed by atoms with E-state index < -0.39 is 0 Å². The zero-order valence-electron chi connectivity index (χ0n) is 13.0. The number of nitrogens with zero attached hydrogens (tertiary/aromatic N) is 2. The van der Waals surface area contributed by atoms with Crippen LogP contribution in [0.2, 0.25) is 0 Å². The highest BCUT2D eigenvalue weighted by Crippen LogP contribution is 2.24. The molecule has 2 rings (SSSR count). The number of hydrogen-bond acceptors (Lipinski definition) is 4. The Kier molecular flexibility index (Phi) is 5.69. The Morgan fingerprint density at radius 2 is 1.76 bits per heavy atom. The molecule has 4 nitrogen and oxygen atoms in total. The lowest BCUT2D eigenvalue weighted by Crippen LogP contribution is -2.23. The molecule has 0 spiro atoms. The van der Waals surface area contributed by atoms with Crippen LogP contribution in [-0.2, 0) is 0 Å². The second-order valence-corrected chi connectivity index (χ2v) is 5.07. The van der Waals surface area contributed by atoms with E-state index in [2.05, 4.69) is 35.2 Å². The maximum Gasteiger partial charge on any atom is 0.137 e. The molecule has 0 aliphatic carbocycles. The first-order chi connectivity index (χ1) is 10.2. The highest BCUT2D eigenvalue weighted by molar-refractivity contribution is 5.34. The molecule has 1 atom stereocenters. The number of pyridine rings is 2. The summed E-state index contributed by atoms with van der Waals surface area (Å²) >= 11 is 0. The lowest BCUT2D eigenvalue weighted by atomic mass is 10.0. The topological polar surface area (TPSA) is 47.0 Å². The molecule has 0 fully saturated rings. The third-order valence-electron chi connectivity index (χ3n) is 3.21. The van der Waals surface area contributed by atoms with E-state index in [-0.39, 0.29) is 6.04 Å². The minimum absolute atomic E-state index is 0.0882. The average molecular weight is 285 g/mol. The molecule has 2 heterocycles. The fourth-order valence-corrected chi connectivity index (χ4v) is 2.29. The zero-order valence-corrected chi connectivity index (χ0v) is 13.0. The molecule has 0 saturated carbocycles. The summed E-state index contributed by atoms with van der Waals surface area (Å²) in [6, 6.07) is 4.30. The summed E-state index contributed by atoms with van der Waals surface area (Å²) in [6.07, 6.45) is 8.49. The van der Waals surface area contributed by atoms with Crippen LogP contribution in [0.1, 0.15) is 43.0 Å². The van der Waals surface area contributed by atoms with Crippen molar-refractivity contribution in [3.8, 4) is 5.75 Å². The van der Waals surface area contributed by atoms with Crippen molar-refractivity contribution in [2.24, 2.45) is 0 Å². The van der Waals surface area contributed by atoms with Gasteiger partial charge in [0.05, 0.1) is 18.8 Å². The molecule has 0 saturated heterocycles. The number of nitrogens with one attached hydrogen (secondary N) is 1. The molecule has 4 heteroatoms. The summed E-state index contributed by atoms with van der Waals surface area (Å²) in [5.74, 6) is 0.805. The van der Waals surface area contributed by atoms with Gasteiger partial charge >= 0.3 is 0 Å². The lowest BCUT2D eigenvalue weighted by Gasteiger charge is -2.20. The Bertz CT molecular complexity index is 571. The van der Waals surface area contributed by atoms with Gasteiger partial charge in [0, 0.05) is 18.6 Å². The molecule has 112 valence electrons. The number of rotatable bonds is 7. The fraction of sp³-hybridized carbons (Fsp3) is 0.412. The van der Waals surface area contributed by atoms with E-state index in [1.807, 2.05) is 31.6 Å². The molecule has 0 aliphatic rings. The Morgan fingerprint density at radius 1 is 1.05 bits per heavy atom. The predicted octanol–water partition coefficient (Wildman–Crippen LogP) is 3.27. The third-order valence-corrected chi connectivity index (χ3v) is 3.21. The van der Waals surface area contributed by atoms with Gasteiger partial charge in [-0.15, -0.1) is 0 Å². The standard InChI is InChI=1S/C17H23N3O/c1-4-6-20-17(14-7-13(3)9-18-10-14)15-8-16(21-5-2)12-19-11-15/h7-12,17,20H,4-6H2,1-3H3. The van der Waals surface area contributed by atoms with Crippen LogP contribution in [0, 0.1) is 6.92 Å². The van der Waals surface area contributed by atoms with E-state index in [1.165, 1.54) is 0 Å². The van der Waals surface area contributed by atoms with Gasteiger partial charge in [-0.3, -0.25) is 9.97 Å². The van der Waals surface area contributed by atoms with Crippen molar-refractivity contribution in [2.45, 2.75) is 33.2 Å². The lowest BCUT2D eigenvalue weighted by molar-refractivity contribution is 0.338. The molecule has 0 radical (unpaired) electrons.